The molecule has 1 aliphatic carbocycles. The molecular weight excluding hydrogens is 153 g/mol. The molecule has 0 aromatic carbocycles. The van der Waals surface area contributed by atoms with Crippen molar-refractivity contribution >= 4 is 0 Å². The lowest BCUT2D eigenvalue weighted by atomic mass is 9.77. The van der Waals surface area contributed by atoms with E-state index in [-0.39, 0.29) is 0 Å². The van der Waals surface area contributed by atoms with Crippen LogP contribution in [-0.4, -0.2) is 19.3 Å². The van der Waals surface area contributed by atoms with Crippen LogP contribution in [0.5, 0.6) is 0 Å². The van der Waals surface area contributed by atoms with Gasteiger partial charge in [-0.3, -0.25) is 0 Å². The van der Waals surface area contributed by atoms with Crippen LogP contribution in [0.2, 0.25) is 0 Å². The largest absolute Gasteiger partial charge is 0.316 e. The van der Waals surface area contributed by atoms with Gasteiger partial charge in [-0.25, -0.2) is 4.39 Å². The van der Waals surface area contributed by atoms with Crippen LogP contribution in [0.4, 0.5) is 4.39 Å². The van der Waals surface area contributed by atoms with Crippen molar-refractivity contribution in [2.24, 2.45) is 11.8 Å². The standard InChI is InChI=1S/C10H18FN/c11-10-4-5-12-7-9(10)6-8-2-1-3-8/h8-10,12H,1-7H2. The van der Waals surface area contributed by atoms with E-state index in [9.17, 15) is 4.39 Å². The number of alkyl halides is 1. The van der Waals surface area contributed by atoms with E-state index in [1.54, 1.807) is 0 Å². The van der Waals surface area contributed by atoms with E-state index in [4.69, 9.17) is 0 Å². The molecule has 0 aromatic heterocycles. The summed E-state index contributed by atoms with van der Waals surface area (Å²) in [6, 6.07) is 0. The predicted molar refractivity (Wildman–Crippen MR) is 47.8 cm³/mol. The zero-order valence-corrected chi connectivity index (χ0v) is 7.56. The highest BCUT2D eigenvalue weighted by Crippen LogP contribution is 2.34. The zero-order chi connectivity index (χ0) is 8.39. The van der Waals surface area contributed by atoms with E-state index in [0.29, 0.717) is 5.92 Å². The summed E-state index contributed by atoms with van der Waals surface area (Å²) in [4.78, 5) is 0. The summed E-state index contributed by atoms with van der Waals surface area (Å²) >= 11 is 0. The van der Waals surface area contributed by atoms with Crippen molar-refractivity contribution in [1.82, 2.24) is 5.32 Å². The first-order valence-electron chi connectivity index (χ1n) is 5.21. The molecule has 2 fully saturated rings. The van der Waals surface area contributed by atoms with Crippen LogP contribution in [0, 0.1) is 11.8 Å². The number of halogens is 1. The lowest BCUT2D eigenvalue weighted by Gasteiger charge is -2.33. The summed E-state index contributed by atoms with van der Waals surface area (Å²) in [6.45, 7) is 1.79. The first-order valence-corrected chi connectivity index (χ1v) is 5.21. The molecule has 1 N–H and O–H groups in total. The van der Waals surface area contributed by atoms with Gasteiger partial charge in [0.05, 0.1) is 0 Å². The predicted octanol–water partition coefficient (Wildman–Crippen LogP) is 2.12. The van der Waals surface area contributed by atoms with Gasteiger partial charge in [0.25, 0.3) is 0 Å². The Labute approximate surface area is 73.7 Å². The molecule has 0 spiro atoms. The fourth-order valence-electron chi connectivity index (χ4n) is 2.28. The maximum atomic E-state index is 13.3. The minimum Gasteiger partial charge on any atom is -0.316 e. The SMILES string of the molecule is FC1CCNCC1CC1CCC1. The summed E-state index contributed by atoms with van der Waals surface area (Å²) in [6.07, 6.45) is 5.42. The van der Waals surface area contributed by atoms with Gasteiger partial charge in [-0.05, 0) is 25.3 Å². The molecule has 2 unspecified atom stereocenters. The van der Waals surface area contributed by atoms with Crippen LogP contribution in [0.25, 0.3) is 0 Å². The van der Waals surface area contributed by atoms with Gasteiger partial charge >= 0.3 is 0 Å². The van der Waals surface area contributed by atoms with Crippen LogP contribution < -0.4 is 5.32 Å². The quantitative estimate of drug-likeness (QED) is 0.671. The van der Waals surface area contributed by atoms with Gasteiger partial charge in [0.1, 0.15) is 6.17 Å². The Hall–Kier alpha value is -0.110. The molecule has 1 aliphatic heterocycles. The van der Waals surface area contributed by atoms with Crippen molar-refractivity contribution in [3.63, 3.8) is 0 Å². The Morgan fingerprint density at radius 3 is 2.67 bits per heavy atom. The van der Waals surface area contributed by atoms with E-state index in [0.717, 1.165) is 31.8 Å². The molecule has 1 saturated carbocycles. The van der Waals surface area contributed by atoms with Crippen LogP contribution in [0.3, 0.4) is 0 Å². The number of rotatable bonds is 2. The van der Waals surface area contributed by atoms with Gasteiger partial charge in [0, 0.05) is 12.5 Å². The van der Waals surface area contributed by atoms with Gasteiger partial charge < -0.3 is 5.32 Å². The highest BCUT2D eigenvalue weighted by atomic mass is 19.1. The number of hydrogen-bond acceptors (Lipinski definition) is 1. The summed E-state index contributed by atoms with van der Waals surface area (Å²) in [7, 11) is 0. The molecule has 1 heterocycles. The third-order valence-electron chi connectivity index (χ3n) is 3.38. The maximum absolute atomic E-state index is 13.3. The van der Waals surface area contributed by atoms with Gasteiger partial charge in [-0.2, -0.15) is 0 Å². The average molecular weight is 171 g/mol. The smallest absolute Gasteiger partial charge is 0.105 e. The lowest BCUT2D eigenvalue weighted by molar-refractivity contribution is 0.131. The van der Waals surface area contributed by atoms with Crippen molar-refractivity contribution in [3.8, 4) is 0 Å². The Balaban J connectivity index is 1.76. The molecule has 0 amide bonds. The van der Waals surface area contributed by atoms with Crippen LogP contribution in [0.1, 0.15) is 32.1 Å². The van der Waals surface area contributed by atoms with Gasteiger partial charge in [0.15, 0.2) is 0 Å². The summed E-state index contributed by atoms with van der Waals surface area (Å²) in [5, 5.41) is 3.28. The third kappa shape index (κ3) is 1.79. The van der Waals surface area contributed by atoms with Crippen LogP contribution in [0.15, 0.2) is 0 Å². The summed E-state index contributed by atoms with van der Waals surface area (Å²) < 4.78 is 13.3. The molecule has 1 nitrogen and oxygen atoms in total. The lowest BCUT2D eigenvalue weighted by Crippen LogP contribution is -2.39. The molecule has 0 aromatic rings. The zero-order valence-electron chi connectivity index (χ0n) is 7.56. The Morgan fingerprint density at radius 1 is 1.25 bits per heavy atom. The Kier molecular flexibility index (Phi) is 2.64. The summed E-state index contributed by atoms with van der Waals surface area (Å²) in [5.41, 5.74) is 0. The normalized spacial score (nSPS) is 37.8. The fourth-order valence-corrected chi connectivity index (χ4v) is 2.28. The molecule has 2 atom stereocenters. The minimum atomic E-state index is -0.521. The number of nitrogens with one attached hydrogen (secondary N) is 1. The number of piperidine rings is 1. The Morgan fingerprint density at radius 2 is 2.08 bits per heavy atom. The fraction of sp³-hybridized carbons (Fsp3) is 1.00. The topological polar surface area (TPSA) is 12.0 Å². The molecular formula is C10H18FN. The van der Waals surface area contributed by atoms with Crippen molar-refractivity contribution in [3.05, 3.63) is 0 Å². The molecule has 2 aliphatic rings. The van der Waals surface area contributed by atoms with E-state index < -0.39 is 6.17 Å². The van der Waals surface area contributed by atoms with E-state index in [1.165, 1.54) is 19.3 Å². The first-order chi connectivity index (χ1) is 5.86. The maximum Gasteiger partial charge on any atom is 0.105 e. The number of hydrogen-bond donors (Lipinski definition) is 1. The minimum absolute atomic E-state index is 0.323. The molecule has 70 valence electrons. The van der Waals surface area contributed by atoms with E-state index in [2.05, 4.69) is 5.32 Å². The molecule has 0 bridgehead atoms. The van der Waals surface area contributed by atoms with Crippen LogP contribution >= 0.6 is 0 Å². The monoisotopic (exact) mass is 171 g/mol. The van der Waals surface area contributed by atoms with Gasteiger partial charge in [0.2, 0.25) is 0 Å². The summed E-state index contributed by atoms with van der Waals surface area (Å²) in [5.74, 6) is 1.18. The average Bonchev–Trinajstić information content (AvgIpc) is 2.00. The van der Waals surface area contributed by atoms with Crippen molar-refractivity contribution < 1.29 is 4.39 Å². The molecule has 2 heteroatoms. The Bertz CT molecular complexity index is 145. The van der Waals surface area contributed by atoms with E-state index >= 15 is 0 Å². The highest BCUT2D eigenvalue weighted by Gasteiger charge is 2.29. The molecule has 2 rings (SSSR count). The second-order valence-electron chi connectivity index (χ2n) is 4.30. The third-order valence-corrected chi connectivity index (χ3v) is 3.38. The van der Waals surface area contributed by atoms with Gasteiger partial charge in [-0.1, -0.05) is 19.3 Å². The van der Waals surface area contributed by atoms with E-state index in [1.807, 2.05) is 0 Å². The molecule has 1 saturated heterocycles. The second-order valence-corrected chi connectivity index (χ2v) is 4.30. The highest BCUT2D eigenvalue weighted by molar-refractivity contribution is 4.82. The van der Waals surface area contributed by atoms with Crippen LogP contribution in [-0.2, 0) is 0 Å². The van der Waals surface area contributed by atoms with Crippen molar-refractivity contribution in [2.75, 3.05) is 13.1 Å². The molecule has 0 radical (unpaired) electrons. The van der Waals surface area contributed by atoms with Crippen molar-refractivity contribution in [2.45, 2.75) is 38.3 Å². The van der Waals surface area contributed by atoms with Gasteiger partial charge in [-0.15, -0.1) is 0 Å². The van der Waals surface area contributed by atoms with Crippen molar-refractivity contribution in [1.29, 1.82) is 0 Å². The molecule has 12 heavy (non-hydrogen) atoms. The second kappa shape index (κ2) is 3.73. The first kappa shape index (κ1) is 8.49.